The number of hydrogen-bond donors (Lipinski definition) is 7. The lowest BCUT2D eigenvalue weighted by molar-refractivity contribution is -0.142. The predicted octanol–water partition coefficient (Wildman–Crippen LogP) is 2.97. The molecule has 0 saturated heterocycles. The highest BCUT2D eigenvalue weighted by atomic mass is 32.2. The van der Waals surface area contributed by atoms with Crippen LogP contribution in [0.1, 0.15) is 106 Å². The molecule has 0 bridgehead atoms. The van der Waals surface area contributed by atoms with E-state index in [0.717, 1.165) is 19.3 Å². The fourth-order valence-electron chi connectivity index (χ4n) is 3.87. The minimum Gasteiger partial charge on any atom is -0.480 e. The molecule has 0 aromatic heterocycles. The summed E-state index contributed by atoms with van der Waals surface area (Å²) in [5, 5.41) is 25.7. The lowest BCUT2D eigenvalue weighted by atomic mass is 10.0. The molecule has 0 rings (SSSR count). The van der Waals surface area contributed by atoms with E-state index in [1.54, 1.807) is 0 Å². The van der Waals surface area contributed by atoms with Gasteiger partial charge in [0.1, 0.15) is 17.9 Å². The van der Waals surface area contributed by atoms with Crippen LogP contribution in [0.15, 0.2) is 0 Å². The summed E-state index contributed by atoms with van der Waals surface area (Å²) in [4.78, 5) is 72.4. The summed E-state index contributed by atoms with van der Waals surface area (Å²) >= 11 is 1.53. The molecule has 0 aromatic rings. The Bertz CT molecular complexity index is 889. The Kier molecular flexibility index (Phi) is 29.0. The van der Waals surface area contributed by atoms with Gasteiger partial charge in [0, 0.05) is 44.4 Å². The zero-order chi connectivity index (χ0) is 35.3. The zero-order valence-corrected chi connectivity index (χ0v) is 30.0. The van der Waals surface area contributed by atoms with Crippen molar-refractivity contribution in [3.63, 3.8) is 0 Å². The Morgan fingerprint density at radius 3 is 1.83 bits per heavy atom. The van der Waals surface area contributed by atoms with Crippen molar-refractivity contribution in [3.8, 4) is 0 Å². The van der Waals surface area contributed by atoms with Gasteiger partial charge in [0.25, 0.3) is 0 Å². The van der Waals surface area contributed by atoms with Gasteiger partial charge in [-0.1, -0.05) is 54.4 Å². The first kappa shape index (κ1) is 45.3. The fraction of sp³-hybridized carbons (Fsp3) is 0.812. The Hall–Kier alpha value is -2.87. The van der Waals surface area contributed by atoms with Crippen LogP contribution in [0.25, 0.3) is 0 Å². The van der Waals surface area contributed by atoms with Gasteiger partial charge in [-0.2, -0.15) is 11.8 Å². The number of carbonyl (C=O) groups excluding carboxylic acids is 5. The summed E-state index contributed by atoms with van der Waals surface area (Å²) < 4.78 is 0. The fourth-order valence-corrected chi connectivity index (χ4v) is 4.34. The van der Waals surface area contributed by atoms with Crippen molar-refractivity contribution >= 4 is 47.3 Å². The maximum atomic E-state index is 12.6. The molecule has 0 aliphatic carbocycles. The van der Waals surface area contributed by atoms with Crippen molar-refractivity contribution in [3.05, 3.63) is 0 Å². The Labute approximate surface area is 280 Å². The van der Waals surface area contributed by atoms with Crippen LogP contribution in [0.2, 0.25) is 0 Å². The minimum atomic E-state index is -1.19. The van der Waals surface area contributed by atoms with E-state index in [0.29, 0.717) is 51.1 Å². The summed E-state index contributed by atoms with van der Waals surface area (Å²) in [6.07, 6.45) is 7.87. The second-order valence-electron chi connectivity index (χ2n) is 11.8. The molecule has 0 aliphatic rings. The van der Waals surface area contributed by atoms with Gasteiger partial charge in [-0.05, 0) is 50.5 Å². The largest absolute Gasteiger partial charge is 0.480 e. The van der Waals surface area contributed by atoms with Crippen LogP contribution in [-0.4, -0.2) is 96.9 Å². The third kappa shape index (κ3) is 27.4. The molecule has 0 heterocycles. The first-order valence-electron chi connectivity index (χ1n) is 16.6. The molecule has 0 radical (unpaired) electrons. The number of thioether (sulfide) groups is 1. The van der Waals surface area contributed by atoms with Crippen molar-refractivity contribution in [2.24, 2.45) is 5.92 Å². The maximum Gasteiger partial charge on any atom is 0.326 e. The molecular formula is C32H62N6O7S. The van der Waals surface area contributed by atoms with Gasteiger partial charge >= 0.3 is 12.0 Å². The quantitative estimate of drug-likeness (QED) is 0.0713. The van der Waals surface area contributed by atoms with Crippen LogP contribution < -0.4 is 31.9 Å². The minimum absolute atomic E-state index is 0.0512. The highest BCUT2D eigenvalue weighted by molar-refractivity contribution is 7.98. The summed E-state index contributed by atoms with van der Waals surface area (Å²) in [5.41, 5.74) is 0. The molecule has 0 fully saturated rings. The topological polar surface area (TPSA) is 195 Å². The average molecular weight is 675 g/mol. The number of urea groups is 1. The number of unbranched alkanes of at least 4 members (excludes halogenated alkanes) is 3. The number of rotatable bonds is 25. The van der Waals surface area contributed by atoms with Gasteiger partial charge in [0.15, 0.2) is 0 Å². The summed E-state index contributed by atoms with van der Waals surface area (Å²) in [5.74, 6) is -1.69. The molecule has 0 aromatic carbocycles. The number of carbonyl (C=O) groups is 6. The third-order valence-corrected chi connectivity index (χ3v) is 7.10. The molecule has 46 heavy (non-hydrogen) atoms. The Morgan fingerprint density at radius 2 is 1.28 bits per heavy atom. The number of carboxylic acids is 1. The van der Waals surface area contributed by atoms with Crippen LogP contribution >= 0.6 is 11.8 Å². The first-order chi connectivity index (χ1) is 21.8. The van der Waals surface area contributed by atoms with Crippen molar-refractivity contribution in [1.29, 1.82) is 0 Å². The number of nitrogens with one attached hydrogen (secondary N) is 6. The highest BCUT2D eigenvalue weighted by Crippen LogP contribution is 2.06. The van der Waals surface area contributed by atoms with Crippen molar-refractivity contribution in [2.75, 3.05) is 38.2 Å². The second-order valence-corrected chi connectivity index (χ2v) is 12.7. The molecule has 0 saturated carbocycles. The third-order valence-electron chi connectivity index (χ3n) is 6.46. The van der Waals surface area contributed by atoms with Gasteiger partial charge in [-0.25, -0.2) is 9.59 Å². The van der Waals surface area contributed by atoms with Crippen LogP contribution in [0, 0.1) is 5.92 Å². The van der Waals surface area contributed by atoms with Crippen LogP contribution in [0.3, 0.4) is 0 Å². The SMILES string of the molecule is CCC.CSCCC(NC(=O)CCNC(C)C)C(=O)NCC(=O)NC(CCCCNC(=O)NCCCCCC(=O)C(C)C)C(=O)O. The van der Waals surface area contributed by atoms with Gasteiger partial charge in [0.05, 0.1) is 6.54 Å². The maximum absolute atomic E-state index is 12.6. The predicted molar refractivity (Wildman–Crippen MR) is 185 cm³/mol. The second kappa shape index (κ2) is 29.5. The van der Waals surface area contributed by atoms with Gasteiger partial charge < -0.3 is 37.0 Å². The van der Waals surface area contributed by atoms with Gasteiger partial charge in [-0.15, -0.1) is 0 Å². The average Bonchev–Trinajstić information content (AvgIpc) is 2.98. The van der Waals surface area contributed by atoms with E-state index >= 15 is 0 Å². The van der Waals surface area contributed by atoms with Crippen molar-refractivity contribution in [1.82, 2.24) is 31.9 Å². The van der Waals surface area contributed by atoms with E-state index in [-0.39, 0.29) is 42.5 Å². The lowest BCUT2D eigenvalue weighted by Crippen LogP contribution is -2.51. The molecule has 0 spiro atoms. The Balaban J connectivity index is 0. The zero-order valence-electron chi connectivity index (χ0n) is 29.2. The number of carboxylic acid groups (broad SMARTS) is 1. The highest BCUT2D eigenvalue weighted by Gasteiger charge is 2.23. The van der Waals surface area contributed by atoms with E-state index in [2.05, 4.69) is 45.7 Å². The van der Waals surface area contributed by atoms with E-state index in [4.69, 9.17) is 0 Å². The monoisotopic (exact) mass is 674 g/mol. The molecule has 7 N–H and O–H groups in total. The normalized spacial score (nSPS) is 11.9. The van der Waals surface area contributed by atoms with E-state index in [1.807, 2.05) is 34.0 Å². The number of aliphatic carboxylic acids is 1. The smallest absolute Gasteiger partial charge is 0.326 e. The van der Waals surface area contributed by atoms with Crippen LogP contribution in [0.4, 0.5) is 4.79 Å². The van der Waals surface area contributed by atoms with Crippen LogP contribution in [-0.2, 0) is 24.0 Å². The van der Waals surface area contributed by atoms with Crippen LogP contribution in [0.5, 0.6) is 0 Å². The molecule has 5 amide bonds. The molecular weight excluding hydrogens is 612 g/mol. The molecule has 0 aliphatic heterocycles. The van der Waals surface area contributed by atoms with E-state index < -0.39 is 36.4 Å². The van der Waals surface area contributed by atoms with Crippen molar-refractivity contribution < 1.29 is 33.9 Å². The molecule has 2 atom stereocenters. The first-order valence-corrected chi connectivity index (χ1v) is 18.0. The number of ketones is 1. The van der Waals surface area contributed by atoms with Gasteiger partial charge in [0.2, 0.25) is 17.7 Å². The molecule has 268 valence electrons. The summed E-state index contributed by atoms with van der Waals surface area (Å²) in [7, 11) is 0. The molecule has 13 nitrogen and oxygen atoms in total. The summed E-state index contributed by atoms with van der Waals surface area (Å²) in [6, 6.07) is -2.01. The number of hydrogen-bond acceptors (Lipinski definition) is 8. The molecule has 14 heteroatoms. The van der Waals surface area contributed by atoms with E-state index in [9.17, 15) is 33.9 Å². The number of amides is 5. The Morgan fingerprint density at radius 1 is 0.696 bits per heavy atom. The lowest BCUT2D eigenvalue weighted by Gasteiger charge is -2.19. The van der Waals surface area contributed by atoms with Crippen molar-refractivity contribution in [2.45, 2.75) is 124 Å². The van der Waals surface area contributed by atoms with Gasteiger partial charge in [-0.3, -0.25) is 19.2 Å². The summed E-state index contributed by atoms with van der Waals surface area (Å²) in [6.45, 7) is 12.9. The van der Waals surface area contributed by atoms with E-state index in [1.165, 1.54) is 18.2 Å². The molecule has 2 unspecified atom stereocenters. The number of Topliss-reactive ketones (excluding diaryl/α,β-unsaturated/α-hetero) is 1. The standard InChI is InChI=1S/C29H54N6O7S.C3H8/c1-20(2)24(36)12-7-6-9-15-31-29(42)32-16-10-8-11-23(28(40)41)35-26(38)19-33-27(39)22(14-18-43-5)34-25(37)13-17-30-21(3)4;1-3-2/h20-23,30H,6-19H2,1-5H3,(H,33,39)(H,34,37)(H,35,38)(H,40,41)(H2,31,32,42);3H2,1-2H3.